The molecule has 0 aliphatic carbocycles. The number of carbonyl (C=O) groups is 1. The molecule has 0 bridgehead atoms. The molecule has 0 spiro atoms. The summed E-state index contributed by atoms with van der Waals surface area (Å²) in [6.45, 7) is 3.60. The van der Waals surface area contributed by atoms with Gasteiger partial charge in [-0.3, -0.25) is 4.79 Å². The first-order chi connectivity index (χ1) is 10.6. The van der Waals surface area contributed by atoms with Gasteiger partial charge in [-0.15, -0.1) is 0 Å². The molecule has 1 fully saturated rings. The van der Waals surface area contributed by atoms with Crippen LogP contribution in [0.25, 0.3) is 0 Å². The molecule has 2 atom stereocenters. The molecule has 1 amide bonds. The highest BCUT2D eigenvalue weighted by atomic mass is 16.2. The van der Waals surface area contributed by atoms with Crippen molar-refractivity contribution < 1.29 is 4.79 Å². The van der Waals surface area contributed by atoms with Crippen LogP contribution in [-0.2, 0) is 4.79 Å². The zero-order chi connectivity index (χ0) is 15.5. The van der Waals surface area contributed by atoms with Gasteiger partial charge in [-0.1, -0.05) is 36.4 Å². The molecule has 1 aromatic heterocycles. The average Bonchev–Trinajstić information content (AvgIpc) is 2.90. The SMILES string of the molecule is Cc1cccc(NC(=O)[C@@H]2CN(C)C[C@H]2c2ccccc2)n1. The molecule has 4 heteroatoms. The van der Waals surface area contributed by atoms with Gasteiger partial charge in [-0.2, -0.15) is 0 Å². The van der Waals surface area contributed by atoms with E-state index in [1.54, 1.807) is 0 Å². The van der Waals surface area contributed by atoms with Crippen molar-refractivity contribution in [2.24, 2.45) is 5.92 Å². The number of benzene rings is 1. The van der Waals surface area contributed by atoms with Crippen molar-refractivity contribution in [2.45, 2.75) is 12.8 Å². The summed E-state index contributed by atoms with van der Waals surface area (Å²) in [6, 6.07) is 16.0. The molecule has 1 aliphatic heterocycles. The van der Waals surface area contributed by atoms with Gasteiger partial charge < -0.3 is 10.2 Å². The number of aryl methyl sites for hydroxylation is 1. The predicted octanol–water partition coefficient (Wildman–Crippen LogP) is 2.67. The highest BCUT2D eigenvalue weighted by molar-refractivity contribution is 5.92. The number of nitrogens with zero attached hydrogens (tertiary/aromatic N) is 2. The lowest BCUT2D eigenvalue weighted by atomic mass is 9.88. The highest BCUT2D eigenvalue weighted by Gasteiger charge is 2.36. The van der Waals surface area contributed by atoms with E-state index in [0.29, 0.717) is 5.82 Å². The molecule has 1 saturated heterocycles. The maximum absolute atomic E-state index is 12.7. The molecule has 0 saturated carbocycles. The topological polar surface area (TPSA) is 45.2 Å². The summed E-state index contributed by atoms with van der Waals surface area (Å²) in [5.41, 5.74) is 2.13. The molecular weight excluding hydrogens is 274 g/mol. The van der Waals surface area contributed by atoms with Gasteiger partial charge in [0.15, 0.2) is 0 Å². The van der Waals surface area contributed by atoms with E-state index in [1.165, 1.54) is 5.56 Å². The normalized spacial score (nSPS) is 21.7. The van der Waals surface area contributed by atoms with Crippen LogP contribution in [0, 0.1) is 12.8 Å². The molecule has 1 N–H and O–H groups in total. The molecule has 2 aromatic rings. The first-order valence-electron chi connectivity index (χ1n) is 7.61. The second-order valence-electron chi connectivity index (χ2n) is 6.00. The molecule has 4 nitrogen and oxygen atoms in total. The number of rotatable bonds is 3. The number of anilines is 1. The van der Waals surface area contributed by atoms with Crippen LogP contribution in [0.4, 0.5) is 5.82 Å². The van der Waals surface area contributed by atoms with Crippen LogP contribution in [0.2, 0.25) is 0 Å². The first kappa shape index (κ1) is 14.7. The largest absolute Gasteiger partial charge is 0.310 e. The van der Waals surface area contributed by atoms with E-state index in [-0.39, 0.29) is 17.7 Å². The zero-order valence-corrected chi connectivity index (χ0v) is 13.0. The fourth-order valence-electron chi connectivity index (χ4n) is 3.14. The van der Waals surface area contributed by atoms with Crippen molar-refractivity contribution in [3.63, 3.8) is 0 Å². The van der Waals surface area contributed by atoms with E-state index in [9.17, 15) is 4.79 Å². The third-order valence-corrected chi connectivity index (χ3v) is 4.21. The van der Waals surface area contributed by atoms with E-state index >= 15 is 0 Å². The van der Waals surface area contributed by atoms with Gasteiger partial charge >= 0.3 is 0 Å². The van der Waals surface area contributed by atoms with E-state index in [2.05, 4.69) is 34.4 Å². The first-order valence-corrected chi connectivity index (χ1v) is 7.61. The van der Waals surface area contributed by atoms with Gasteiger partial charge in [0, 0.05) is 24.7 Å². The molecule has 22 heavy (non-hydrogen) atoms. The van der Waals surface area contributed by atoms with E-state index in [1.807, 2.05) is 43.3 Å². The number of amides is 1. The van der Waals surface area contributed by atoms with E-state index in [0.717, 1.165) is 18.8 Å². The minimum Gasteiger partial charge on any atom is -0.310 e. The van der Waals surface area contributed by atoms with Crippen molar-refractivity contribution >= 4 is 11.7 Å². The summed E-state index contributed by atoms with van der Waals surface area (Å²) in [7, 11) is 2.06. The summed E-state index contributed by atoms with van der Waals surface area (Å²) in [4.78, 5) is 19.2. The minimum absolute atomic E-state index is 0.0466. The van der Waals surface area contributed by atoms with Crippen molar-refractivity contribution in [3.8, 4) is 0 Å². The maximum Gasteiger partial charge on any atom is 0.230 e. The second-order valence-corrected chi connectivity index (χ2v) is 6.00. The molecular formula is C18H21N3O. The Morgan fingerprint density at radius 3 is 2.64 bits per heavy atom. The molecule has 1 aliphatic rings. The minimum atomic E-state index is -0.0466. The van der Waals surface area contributed by atoms with Gasteiger partial charge in [-0.05, 0) is 31.7 Å². The highest BCUT2D eigenvalue weighted by Crippen LogP contribution is 2.32. The number of hydrogen-bond donors (Lipinski definition) is 1. The van der Waals surface area contributed by atoms with E-state index < -0.39 is 0 Å². The summed E-state index contributed by atoms with van der Waals surface area (Å²) in [5.74, 6) is 0.869. The van der Waals surface area contributed by atoms with Crippen LogP contribution in [-0.4, -0.2) is 35.9 Å². The number of hydrogen-bond acceptors (Lipinski definition) is 3. The fraction of sp³-hybridized carbons (Fsp3) is 0.333. The van der Waals surface area contributed by atoms with Crippen LogP contribution < -0.4 is 5.32 Å². The van der Waals surface area contributed by atoms with Crippen LogP contribution in [0.3, 0.4) is 0 Å². The Balaban J connectivity index is 1.78. The Labute approximate surface area is 131 Å². The van der Waals surface area contributed by atoms with Gasteiger partial charge in [0.1, 0.15) is 5.82 Å². The number of carbonyl (C=O) groups excluding carboxylic acids is 1. The molecule has 0 unspecified atom stereocenters. The summed E-state index contributed by atoms with van der Waals surface area (Å²) in [5, 5.41) is 2.97. The van der Waals surface area contributed by atoms with Crippen molar-refractivity contribution in [3.05, 3.63) is 59.8 Å². The number of aromatic nitrogens is 1. The van der Waals surface area contributed by atoms with Crippen molar-refractivity contribution in [2.75, 3.05) is 25.5 Å². The van der Waals surface area contributed by atoms with Gasteiger partial charge in [0.05, 0.1) is 5.92 Å². The van der Waals surface area contributed by atoms with Crippen molar-refractivity contribution in [1.82, 2.24) is 9.88 Å². The number of likely N-dealkylation sites (N-methyl/N-ethyl adjacent to an activating group) is 1. The van der Waals surface area contributed by atoms with Crippen LogP contribution in [0.5, 0.6) is 0 Å². The van der Waals surface area contributed by atoms with Crippen LogP contribution >= 0.6 is 0 Å². The maximum atomic E-state index is 12.7. The average molecular weight is 295 g/mol. The Morgan fingerprint density at radius 2 is 1.91 bits per heavy atom. The zero-order valence-electron chi connectivity index (χ0n) is 13.0. The number of likely N-dealkylation sites (tertiary alicyclic amines) is 1. The standard InChI is InChI=1S/C18H21N3O/c1-13-7-6-10-17(19-13)20-18(22)16-12-21(2)11-15(16)14-8-4-3-5-9-14/h3-10,15-16H,11-12H2,1-2H3,(H,19,20,22)/t15-,16+/m0/s1. The van der Waals surface area contributed by atoms with Crippen LogP contribution in [0.15, 0.2) is 48.5 Å². The molecule has 0 radical (unpaired) electrons. The fourth-order valence-corrected chi connectivity index (χ4v) is 3.14. The predicted molar refractivity (Wildman–Crippen MR) is 87.8 cm³/mol. The van der Waals surface area contributed by atoms with E-state index in [4.69, 9.17) is 0 Å². The smallest absolute Gasteiger partial charge is 0.230 e. The number of pyridine rings is 1. The Kier molecular flexibility index (Phi) is 4.20. The van der Waals surface area contributed by atoms with Crippen LogP contribution in [0.1, 0.15) is 17.2 Å². The lowest BCUT2D eigenvalue weighted by Crippen LogP contribution is -2.28. The van der Waals surface area contributed by atoms with Gasteiger partial charge in [-0.25, -0.2) is 4.98 Å². The molecule has 2 heterocycles. The lowest BCUT2D eigenvalue weighted by Gasteiger charge is -2.18. The monoisotopic (exact) mass is 295 g/mol. The summed E-state index contributed by atoms with van der Waals surface area (Å²) >= 11 is 0. The lowest BCUT2D eigenvalue weighted by molar-refractivity contribution is -0.119. The second kappa shape index (κ2) is 6.28. The quantitative estimate of drug-likeness (QED) is 0.947. The Bertz CT molecular complexity index is 656. The Morgan fingerprint density at radius 1 is 1.14 bits per heavy atom. The third-order valence-electron chi connectivity index (χ3n) is 4.21. The van der Waals surface area contributed by atoms with Crippen molar-refractivity contribution in [1.29, 1.82) is 0 Å². The third kappa shape index (κ3) is 3.17. The molecule has 1 aromatic carbocycles. The summed E-state index contributed by atoms with van der Waals surface area (Å²) in [6.07, 6.45) is 0. The summed E-state index contributed by atoms with van der Waals surface area (Å²) < 4.78 is 0. The molecule has 114 valence electrons. The van der Waals surface area contributed by atoms with Gasteiger partial charge in [0.25, 0.3) is 0 Å². The molecule has 3 rings (SSSR count). The number of nitrogens with one attached hydrogen (secondary N) is 1. The van der Waals surface area contributed by atoms with Gasteiger partial charge in [0.2, 0.25) is 5.91 Å². The Hall–Kier alpha value is -2.20.